The normalized spacial score (nSPS) is 11.6. The van der Waals surface area contributed by atoms with E-state index in [2.05, 4.69) is 27.2 Å². The van der Waals surface area contributed by atoms with Crippen molar-refractivity contribution in [3.05, 3.63) is 56.2 Å². The molecule has 2 heterocycles. The van der Waals surface area contributed by atoms with E-state index in [1.165, 1.54) is 13.1 Å². The third-order valence-corrected chi connectivity index (χ3v) is 8.11. The number of carbonyl (C=O) groups excluding carboxylic acids is 1. The fourth-order valence-corrected chi connectivity index (χ4v) is 5.60. The summed E-state index contributed by atoms with van der Waals surface area (Å²) in [5.74, 6) is -0.285. The molecule has 0 aliphatic rings. The van der Waals surface area contributed by atoms with Crippen LogP contribution in [0.25, 0.3) is 10.6 Å². The van der Waals surface area contributed by atoms with E-state index >= 15 is 0 Å². The van der Waals surface area contributed by atoms with Crippen molar-refractivity contribution in [3.63, 3.8) is 0 Å². The number of nitrogens with one attached hydrogen (secondary N) is 2. The first-order chi connectivity index (χ1) is 13.7. The van der Waals surface area contributed by atoms with Gasteiger partial charge in [-0.25, -0.2) is 18.1 Å². The number of hydrogen-bond donors (Lipinski definition) is 2. The van der Waals surface area contributed by atoms with E-state index in [0.29, 0.717) is 24.1 Å². The summed E-state index contributed by atoms with van der Waals surface area (Å²) in [4.78, 5) is 19.5. The fourth-order valence-electron chi connectivity index (χ4n) is 2.87. The van der Waals surface area contributed by atoms with Gasteiger partial charge in [-0.1, -0.05) is 0 Å². The Balaban J connectivity index is 1.66. The second-order valence-corrected chi connectivity index (χ2v) is 10.7. The molecule has 0 bridgehead atoms. The zero-order valence-electron chi connectivity index (χ0n) is 16.7. The van der Waals surface area contributed by atoms with Gasteiger partial charge in [-0.2, -0.15) is 0 Å². The number of nitrogens with zero attached hydrogens (tertiary/aromatic N) is 1. The molecule has 29 heavy (non-hydrogen) atoms. The molecule has 0 saturated heterocycles. The van der Waals surface area contributed by atoms with Crippen molar-refractivity contribution in [2.45, 2.75) is 32.1 Å². The monoisotopic (exact) mass is 449 g/mol. The van der Waals surface area contributed by atoms with Crippen LogP contribution in [0.1, 0.15) is 31.4 Å². The van der Waals surface area contributed by atoms with Crippen molar-refractivity contribution in [2.24, 2.45) is 0 Å². The Hall–Kier alpha value is -2.07. The molecule has 1 aromatic carbocycles. The van der Waals surface area contributed by atoms with Crippen LogP contribution in [-0.2, 0) is 16.4 Å². The highest BCUT2D eigenvalue weighted by atomic mass is 32.2. The van der Waals surface area contributed by atoms with Crippen molar-refractivity contribution in [3.8, 4) is 10.6 Å². The number of sulfonamides is 1. The van der Waals surface area contributed by atoms with Gasteiger partial charge >= 0.3 is 0 Å². The van der Waals surface area contributed by atoms with E-state index in [9.17, 15) is 13.2 Å². The second-order valence-electron chi connectivity index (χ2n) is 6.65. The molecule has 0 spiro atoms. The van der Waals surface area contributed by atoms with Gasteiger partial charge in [0.05, 0.1) is 20.5 Å². The Kier molecular flexibility index (Phi) is 6.52. The lowest BCUT2D eigenvalue weighted by Gasteiger charge is -2.12. The predicted molar refractivity (Wildman–Crippen MR) is 118 cm³/mol. The van der Waals surface area contributed by atoms with Gasteiger partial charge in [-0.15, -0.1) is 22.7 Å². The molecular formula is C20H23N3O3S3. The van der Waals surface area contributed by atoms with Gasteiger partial charge in [0.15, 0.2) is 0 Å². The maximum Gasteiger partial charge on any atom is 0.251 e. The molecule has 9 heteroatoms. The fraction of sp³-hybridized carbons (Fsp3) is 0.300. The number of aromatic nitrogens is 1. The lowest BCUT2D eigenvalue weighted by Crippen LogP contribution is -2.27. The van der Waals surface area contributed by atoms with Crippen LogP contribution in [0.4, 0.5) is 0 Å². The van der Waals surface area contributed by atoms with E-state index in [4.69, 9.17) is 0 Å². The molecule has 3 rings (SSSR count). The SMILES string of the molecule is CNS(=O)(=O)c1cc(C(=O)NCCc2ccc(-c3csc(C)n3)s2)cc(C)c1C. The van der Waals surface area contributed by atoms with Crippen molar-refractivity contribution in [1.82, 2.24) is 15.0 Å². The summed E-state index contributed by atoms with van der Waals surface area (Å²) in [6, 6.07) is 7.24. The van der Waals surface area contributed by atoms with E-state index < -0.39 is 10.0 Å². The van der Waals surface area contributed by atoms with E-state index in [-0.39, 0.29) is 10.8 Å². The van der Waals surface area contributed by atoms with Gasteiger partial charge < -0.3 is 5.32 Å². The Morgan fingerprint density at radius 3 is 2.59 bits per heavy atom. The number of amides is 1. The first kappa shape index (κ1) is 21.6. The maximum atomic E-state index is 12.6. The van der Waals surface area contributed by atoms with Gasteiger partial charge in [-0.05, 0) is 69.6 Å². The van der Waals surface area contributed by atoms with Crippen LogP contribution in [0.5, 0.6) is 0 Å². The largest absolute Gasteiger partial charge is 0.352 e. The summed E-state index contributed by atoms with van der Waals surface area (Å²) in [5, 5.41) is 5.97. The van der Waals surface area contributed by atoms with E-state index in [1.807, 2.05) is 12.3 Å². The number of thiophene rings is 1. The molecule has 0 unspecified atom stereocenters. The van der Waals surface area contributed by atoms with Crippen LogP contribution in [0.2, 0.25) is 0 Å². The number of thiazole rings is 1. The first-order valence-electron chi connectivity index (χ1n) is 9.05. The maximum absolute atomic E-state index is 12.6. The summed E-state index contributed by atoms with van der Waals surface area (Å²) in [7, 11) is -2.27. The van der Waals surface area contributed by atoms with Crippen LogP contribution < -0.4 is 10.0 Å². The number of rotatable bonds is 7. The molecule has 0 fully saturated rings. The second kappa shape index (κ2) is 8.74. The van der Waals surface area contributed by atoms with Crippen LogP contribution in [-0.4, -0.2) is 32.9 Å². The van der Waals surface area contributed by atoms with E-state index in [0.717, 1.165) is 26.0 Å². The Labute approximate surface area is 179 Å². The highest BCUT2D eigenvalue weighted by Crippen LogP contribution is 2.29. The third-order valence-electron chi connectivity index (χ3n) is 4.63. The molecule has 0 aliphatic heterocycles. The molecule has 154 valence electrons. The molecule has 1 amide bonds. The highest BCUT2D eigenvalue weighted by Gasteiger charge is 2.19. The lowest BCUT2D eigenvalue weighted by molar-refractivity contribution is 0.0954. The number of benzene rings is 1. The van der Waals surface area contributed by atoms with Gasteiger partial charge in [0.1, 0.15) is 0 Å². The molecule has 0 radical (unpaired) electrons. The van der Waals surface area contributed by atoms with Crippen LogP contribution in [0, 0.1) is 20.8 Å². The average Bonchev–Trinajstić information content (AvgIpc) is 3.32. The Morgan fingerprint density at radius 2 is 1.93 bits per heavy atom. The predicted octanol–water partition coefficient (Wildman–Crippen LogP) is 3.68. The quantitative estimate of drug-likeness (QED) is 0.576. The van der Waals surface area contributed by atoms with E-state index in [1.54, 1.807) is 42.6 Å². The average molecular weight is 450 g/mol. The summed E-state index contributed by atoms with van der Waals surface area (Å²) in [6.45, 7) is 5.99. The summed E-state index contributed by atoms with van der Waals surface area (Å²) in [5.41, 5.74) is 2.72. The number of carbonyl (C=O) groups is 1. The molecular weight excluding hydrogens is 426 g/mol. The molecule has 3 aromatic rings. The summed E-state index contributed by atoms with van der Waals surface area (Å²) >= 11 is 3.29. The van der Waals surface area contributed by atoms with Gasteiger partial charge in [0, 0.05) is 22.4 Å². The summed E-state index contributed by atoms with van der Waals surface area (Å²) in [6.07, 6.45) is 0.700. The molecule has 0 aliphatic carbocycles. The topological polar surface area (TPSA) is 88.2 Å². The third kappa shape index (κ3) is 4.92. The number of hydrogen-bond acceptors (Lipinski definition) is 6. The smallest absolute Gasteiger partial charge is 0.251 e. The molecule has 2 N–H and O–H groups in total. The van der Waals surface area contributed by atoms with Crippen molar-refractivity contribution >= 4 is 38.6 Å². The first-order valence-corrected chi connectivity index (χ1v) is 12.2. The standard InChI is InChI=1S/C20H23N3O3S3/c1-12-9-15(10-19(13(12)2)29(25,26)21-4)20(24)22-8-7-16-5-6-18(28-16)17-11-27-14(3)23-17/h5-6,9-11,21H,7-8H2,1-4H3,(H,22,24). The molecule has 0 atom stereocenters. The van der Waals surface area contributed by atoms with Crippen molar-refractivity contribution < 1.29 is 13.2 Å². The van der Waals surface area contributed by atoms with Crippen LogP contribution in [0.15, 0.2) is 34.5 Å². The summed E-state index contributed by atoms with van der Waals surface area (Å²) < 4.78 is 26.8. The van der Waals surface area contributed by atoms with Gasteiger partial charge in [-0.3, -0.25) is 4.79 Å². The Bertz CT molecular complexity index is 1150. The molecule has 2 aromatic heterocycles. The minimum absolute atomic E-state index is 0.131. The minimum Gasteiger partial charge on any atom is -0.352 e. The molecule has 0 saturated carbocycles. The van der Waals surface area contributed by atoms with Crippen molar-refractivity contribution in [1.29, 1.82) is 0 Å². The Morgan fingerprint density at radius 1 is 1.17 bits per heavy atom. The van der Waals surface area contributed by atoms with Crippen LogP contribution in [0.3, 0.4) is 0 Å². The lowest BCUT2D eigenvalue weighted by atomic mass is 10.1. The van der Waals surface area contributed by atoms with Gasteiger partial charge in [0.2, 0.25) is 10.0 Å². The zero-order chi connectivity index (χ0) is 21.2. The van der Waals surface area contributed by atoms with Crippen molar-refractivity contribution in [2.75, 3.05) is 13.6 Å². The molecule has 6 nitrogen and oxygen atoms in total. The highest BCUT2D eigenvalue weighted by molar-refractivity contribution is 7.89. The number of aryl methyl sites for hydroxylation is 2. The van der Waals surface area contributed by atoms with Crippen LogP contribution >= 0.6 is 22.7 Å². The van der Waals surface area contributed by atoms with Gasteiger partial charge in [0.25, 0.3) is 5.91 Å². The minimum atomic E-state index is -3.63. The zero-order valence-corrected chi connectivity index (χ0v) is 19.1.